The second-order valence-electron chi connectivity index (χ2n) is 5.76. The molecule has 1 heterocycles. The van der Waals surface area contributed by atoms with E-state index in [1.54, 1.807) is 20.4 Å². The topological polar surface area (TPSA) is 68.3 Å². The number of anilines is 3. The van der Waals surface area contributed by atoms with E-state index < -0.39 is 0 Å². The van der Waals surface area contributed by atoms with Crippen molar-refractivity contribution in [1.82, 2.24) is 9.97 Å². The Morgan fingerprint density at radius 3 is 2.70 bits per heavy atom. The number of benzene rings is 2. The predicted octanol–water partition coefficient (Wildman–Crippen LogP) is 4.55. The first-order valence-corrected chi connectivity index (χ1v) is 8.86. The molecule has 27 heavy (non-hydrogen) atoms. The Morgan fingerprint density at radius 2 is 1.93 bits per heavy atom. The lowest BCUT2D eigenvalue weighted by Gasteiger charge is -2.12. The molecule has 3 aromatic rings. The SMILES string of the molecule is COc1ccc(OC)c(Nc2nccc(NCCc3cccc(Cl)c3)n2)c1. The van der Waals surface area contributed by atoms with E-state index in [4.69, 9.17) is 21.1 Å². The van der Waals surface area contributed by atoms with Gasteiger partial charge in [0.25, 0.3) is 0 Å². The van der Waals surface area contributed by atoms with Crippen molar-refractivity contribution in [2.75, 3.05) is 31.4 Å². The lowest BCUT2D eigenvalue weighted by atomic mass is 10.1. The molecular weight excluding hydrogens is 364 g/mol. The number of nitrogens with zero attached hydrogens (tertiary/aromatic N) is 2. The average molecular weight is 385 g/mol. The standard InChI is InChI=1S/C20H21ClN4O2/c1-26-16-6-7-18(27-2)17(13-16)24-20-23-11-9-19(25-20)22-10-8-14-4-3-5-15(21)12-14/h3-7,9,11-13H,8,10H2,1-2H3,(H2,22,23,24,25). The Bertz CT molecular complexity index is 905. The molecule has 0 saturated heterocycles. The molecule has 0 bridgehead atoms. The van der Waals surface area contributed by atoms with E-state index in [2.05, 4.69) is 26.7 Å². The van der Waals surface area contributed by atoms with Gasteiger partial charge in [-0.2, -0.15) is 4.98 Å². The third kappa shape index (κ3) is 5.24. The number of rotatable bonds is 8. The van der Waals surface area contributed by atoms with Gasteiger partial charge in [0.2, 0.25) is 5.95 Å². The molecule has 0 saturated carbocycles. The molecule has 2 N–H and O–H groups in total. The number of nitrogens with one attached hydrogen (secondary N) is 2. The monoisotopic (exact) mass is 384 g/mol. The summed E-state index contributed by atoms with van der Waals surface area (Å²) in [6.45, 7) is 0.735. The van der Waals surface area contributed by atoms with Crippen LogP contribution in [0.1, 0.15) is 5.56 Å². The highest BCUT2D eigenvalue weighted by Crippen LogP contribution is 2.30. The number of ether oxygens (including phenoxy) is 2. The largest absolute Gasteiger partial charge is 0.497 e. The Kier molecular flexibility index (Phi) is 6.33. The molecule has 0 atom stereocenters. The van der Waals surface area contributed by atoms with E-state index in [9.17, 15) is 0 Å². The summed E-state index contributed by atoms with van der Waals surface area (Å²) in [5.41, 5.74) is 1.90. The van der Waals surface area contributed by atoms with Crippen LogP contribution in [-0.2, 0) is 6.42 Å². The van der Waals surface area contributed by atoms with Crippen LogP contribution in [0.4, 0.5) is 17.5 Å². The Hall–Kier alpha value is -2.99. The van der Waals surface area contributed by atoms with Gasteiger partial charge < -0.3 is 20.1 Å². The van der Waals surface area contributed by atoms with Crippen molar-refractivity contribution >= 4 is 29.1 Å². The lowest BCUT2D eigenvalue weighted by molar-refractivity contribution is 0.405. The zero-order chi connectivity index (χ0) is 19.1. The van der Waals surface area contributed by atoms with Crippen LogP contribution in [-0.4, -0.2) is 30.7 Å². The maximum Gasteiger partial charge on any atom is 0.229 e. The predicted molar refractivity (Wildman–Crippen MR) is 109 cm³/mol. The van der Waals surface area contributed by atoms with Crippen molar-refractivity contribution in [1.29, 1.82) is 0 Å². The van der Waals surface area contributed by atoms with E-state index in [0.717, 1.165) is 29.5 Å². The van der Waals surface area contributed by atoms with Gasteiger partial charge in [0, 0.05) is 23.8 Å². The molecule has 0 fully saturated rings. The van der Waals surface area contributed by atoms with Gasteiger partial charge in [-0.25, -0.2) is 4.98 Å². The van der Waals surface area contributed by atoms with Crippen molar-refractivity contribution in [2.45, 2.75) is 6.42 Å². The zero-order valence-electron chi connectivity index (χ0n) is 15.2. The van der Waals surface area contributed by atoms with Gasteiger partial charge in [-0.15, -0.1) is 0 Å². The summed E-state index contributed by atoms with van der Waals surface area (Å²) in [6, 6.07) is 15.2. The van der Waals surface area contributed by atoms with Crippen molar-refractivity contribution in [3.8, 4) is 11.5 Å². The fourth-order valence-corrected chi connectivity index (χ4v) is 2.79. The van der Waals surface area contributed by atoms with Gasteiger partial charge in [0.15, 0.2) is 0 Å². The molecule has 6 nitrogen and oxygen atoms in total. The molecule has 7 heteroatoms. The van der Waals surface area contributed by atoms with Crippen LogP contribution in [0.5, 0.6) is 11.5 Å². The van der Waals surface area contributed by atoms with Crippen LogP contribution in [0.2, 0.25) is 5.02 Å². The molecule has 2 aromatic carbocycles. The quantitative estimate of drug-likeness (QED) is 0.594. The van der Waals surface area contributed by atoms with Gasteiger partial charge in [-0.05, 0) is 42.3 Å². The number of halogens is 1. The van der Waals surface area contributed by atoms with Crippen molar-refractivity contribution < 1.29 is 9.47 Å². The normalized spacial score (nSPS) is 10.3. The van der Waals surface area contributed by atoms with Gasteiger partial charge in [-0.3, -0.25) is 0 Å². The minimum Gasteiger partial charge on any atom is -0.497 e. The first-order valence-electron chi connectivity index (χ1n) is 8.48. The molecular formula is C20H21ClN4O2. The fourth-order valence-electron chi connectivity index (χ4n) is 2.58. The van der Waals surface area contributed by atoms with E-state index in [0.29, 0.717) is 17.4 Å². The zero-order valence-corrected chi connectivity index (χ0v) is 16.0. The van der Waals surface area contributed by atoms with E-state index >= 15 is 0 Å². The fraction of sp³-hybridized carbons (Fsp3) is 0.200. The van der Waals surface area contributed by atoms with Gasteiger partial charge in [0.1, 0.15) is 17.3 Å². The first kappa shape index (κ1) is 18.8. The maximum atomic E-state index is 6.02. The minimum atomic E-state index is 0.467. The second-order valence-corrected chi connectivity index (χ2v) is 6.20. The van der Waals surface area contributed by atoms with Crippen molar-refractivity contribution in [3.63, 3.8) is 0 Å². The molecule has 0 aliphatic rings. The van der Waals surface area contributed by atoms with Crippen molar-refractivity contribution in [2.24, 2.45) is 0 Å². The molecule has 0 aliphatic carbocycles. The Labute approximate surface area is 163 Å². The highest BCUT2D eigenvalue weighted by molar-refractivity contribution is 6.30. The van der Waals surface area contributed by atoms with Gasteiger partial charge in [0.05, 0.1) is 19.9 Å². The van der Waals surface area contributed by atoms with E-state index in [1.165, 1.54) is 5.56 Å². The molecule has 3 rings (SSSR count). The highest BCUT2D eigenvalue weighted by Gasteiger charge is 2.07. The molecule has 0 aliphatic heterocycles. The molecule has 0 amide bonds. The summed E-state index contributed by atoms with van der Waals surface area (Å²) in [6.07, 6.45) is 2.54. The molecule has 0 radical (unpaired) electrons. The van der Waals surface area contributed by atoms with Gasteiger partial charge in [-0.1, -0.05) is 23.7 Å². The van der Waals surface area contributed by atoms with Crippen LogP contribution in [0.25, 0.3) is 0 Å². The summed E-state index contributed by atoms with van der Waals surface area (Å²) >= 11 is 6.02. The minimum absolute atomic E-state index is 0.467. The summed E-state index contributed by atoms with van der Waals surface area (Å²) in [5, 5.41) is 7.21. The van der Waals surface area contributed by atoms with Gasteiger partial charge >= 0.3 is 0 Å². The third-order valence-corrected chi connectivity index (χ3v) is 4.15. The molecule has 0 unspecified atom stereocenters. The Morgan fingerprint density at radius 1 is 1.04 bits per heavy atom. The molecule has 0 spiro atoms. The first-order chi connectivity index (χ1) is 13.2. The summed E-state index contributed by atoms with van der Waals surface area (Å²) < 4.78 is 10.6. The summed E-state index contributed by atoms with van der Waals surface area (Å²) in [4.78, 5) is 8.76. The molecule has 140 valence electrons. The smallest absolute Gasteiger partial charge is 0.229 e. The van der Waals surface area contributed by atoms with Crippen LogP contribution in [0, 0.1) is 0 Å². The maximum absolute atomic E-state index is 6.02. The second kappa shape index (κ2) is 9.09. The van der Waals surface area contributed by atoms with Crippen LogP contribution in [0.15, 0.2) is 54.7 Å². The highest BCUT2D eigenvalue weighted by atomic mass is 35.5. The van der Waals surface area contributed by atoms with Crippen LogP contribution >= 0.6 is 11.6 Å². The van der Waals surface area contributed by atoms with Crippen molar-refractivity contribution in [3.05, 3.63) is 65.3 Å². The van der Waals surface area contributed by atoms with E-state index in [1.807, 2.05) is 42.5 Å². The lowest BCUT2D eigenvalue weighted by Crippen LogP contribution is -2.08. The number of hydrogen-bond donors (Lipinski definition) is 2. The number of hydrogen-bond acceptors (Lipinski definition) is 6. The summed E-state index contributed by atoms with van der Waals surface area (Å²) in [5.74, 6) is 2.60. The Balaban J connectivity index is 1.65. The van der Waals surface area contributed by atoms with Crippen LogP contribution in [0.3, 0.4) is 0 Å². The third-order valence-electron chi connectivity index (χ3n) is 3.92. The van der Waals surface area contributed by atoms with Crippen LogP contribution < -0.4 is 20.1 Å². The van der Waals surface area contributed by atoms with E-state index in [-0.39, 0.29) is 0 Å². The number of methoxy groups -OCH3 is 2. The summed E-state index contributed by atoms with van der Waals surface area (Å²) in [7, 11) is 3.23. The molecule has 1 aromatic heterocycles. The number of aromatic nitrogens is 2. The average Bonchev–Trinajstić information content (AvgIpc) is 2.68.